The van der Waals surface area contributed by atoms with E-state index in [2.05, 4.69) is 30.6 Å². The average Bonchev–Trinajstić information content (AvgIpc) is 3.00. The van der Waals surface area contributed by atoms with Gasteiger partial charge in [-0.2, -0.15) is 5.26 Å². The van der Waals surface area contributed by atoms with Gasteiger partial charge in [0.15, 0.2) is 0 Å². The van der Waals surface area contributed by atoms with E-state index in [0.29, 0.717) is 13.0 Å². The van der Waals surface area contributed by atoms with Gasteiger partial charge in [-0.15, -0.1) is 0 Å². The Morgan fingerprint density at radius 3 is 2.44 bits per heavy atom. The van der Waals surface area contributed by atoms with Gasteiger partial charge in [0.25, 0.3) is 0 Å². The van der Waals surface area contributed by atoms with Gasteiger partial charge in [0.1, 0.15) is 18.1 Å². The Balaban J connectivity index is 1.71. The minimum atomic E-state index is -0.897. The zero-order valence-corrected chi connectivity index (χ0v) is 21.8. The van der Waals surface area contributed by atoms with E-state index in [0.717, 1.165) is 0 Å². The van der Waals surface area contributed by atoms with Crippen molar-refractivity contribution >= 4 is 17.7 Å². The van der Waals surface area contributed by atoms with Crippen LogP contribution in [0.5, 0.6) is 0 Å². The Labute approximate surface area is 203 Å². The van der Waals surface area contributed by atoms with Crippen molar-refractivity contribution in [3.8, 4) is 6.07 Å². The van der Waals surface area contributed by atoms with Crippen molar-refractivity contribution < 1.29 is 19.1 Å². The van der Waals surface area contributed by atoms with Crippen LogP contribution in [0.15, 0.2) is 0 Å². The van der Waals surface area contributed by atoms with Crippen molar-refractivity contribution in [3.63, 3.8) is 0 Å². The third kappa shape index (κ3) is 5.23. The first-order chi connectivity index (χ1) is 15.5. The van der Waals surface area contributed by atoms with Gasteiger partial charge in [-0.3, -0.25) is 14.4 Å². The first-order valence-corrected chi connectivity index (χ1v) is 12.2. The van der Waals surface area contributed by atoms with Crippen molar-refractivity contribution in [2.45, 2.75) is 104 Å². The highest BCUT2D eigenvalue weighted by Gasteiger charge is 2.69. The number of ether oxygens (including phenoxy) is 1. The number of hydrogen-bond donors (Lipinski definition) is 3. The molecule has 1 aliphatic carbocycles. The van der Waals surface area contributed by atoms with E-state index in [-0.39, 0.29) is 52.8 Å². The summed E-state index contributed by atoms with van der Waals surface area (Å²) in [5.74, 6) is -0.886. The number of amides is 3. The number of carbonyl (C=O) groups excluding carboxylic acids is 3. The SMILES string of the molecule is C[C@@H](OC(C)(C)C)[C@H](N)C(=O)N1C[C@H]2[C@@H]([C@H]1C(=O)N[C@H](C#N)C[C@@H]1CC(C)(C)NC1=O)C2(C)C. The van der Waals surface area contributed by atoms with Gasteiger partial charge in [0.05, 0.1) is 17.8 Å². The Hall–Kier alpha value is -2.18. The lowest BCUT2D eigenvalue weighted by Gasteiger charge is -2.35. The molecule has 3 rings (SSSR count). The highest BCUT2D eigenvalue weighted by atomic mass is 16.5. The molecule has 0 aromatic heterocycles. The molecule has 0 bridgehead atoms. The maximum atomic E-state index is 13.4. The molecule has 9 heteroatoms. The average molecular weight is 476 g/mol. The fraction of sp³-hybridized carbons (Fsp3) is 0.840. The van der Waals surface area contributed by atoms with Crippen molar-refractivity contribution in [1.82, 2.24) is 15.5 Å². The second kappa shape index (κ2) is 8.80. The number of nitrogens with two attached hydrogens (primary N) is 1. The second-order valence-electron chi connectivity index (χ2n) is 12.6. The topological polar surface area (TPSA) is 138 Å². The third-order valence-corrected chi connectivity index (χ3v) is 7.67. The van der Waals surface area contributed by atoms with Crippen LogP contribution in [-0.2, 0) is 19.1 Å². The van der Waals surface area contributed by atoms with Crippen LogP contribution in [-0.4, -0.2) is 64.5 Å². The number of rotatable bonds is 7. The summed E-state index contributed by atoms with van der Waals surface area (Å²) in [7, 11) is 0. The van der Waals surface area contributed by atoms with E-state index in [1.54, 1.807) is 11.8 Å². The van der Waals surface area contributed by atoms with Gasteiger partial charge in [-0.05, 0) is 71.6 Å². The van der Waals surface area contributed by atoms with E-state index in [1.165, 1.54) is 0 Å². The molecule has 3 fully saturated rings. The fourth-order valence-electron chi connectivity index (χ4n) is 5.91. The lowest BCUT2D eigenvalue weighted by atomic mass is 9.91. The Morgan fingerprint density at radius 1 is 1.32 bits per heavy atom. The van der Waals surface area contributed by atoms with Crippen LogP contribution in [0.25, 0.3) is 0 Å². The molecular formula is C25H41N5O4. The Morgan fingerprint density at radius 2 is 1.94 bits per heavy atom. The van der Waals surface area contributed by atoms with E-state index in [9.17, 15) is 19.6 Å². The fourth-order valence-corrected chi connectivity index (χ4v) is 5.91. The molecule has 3 amide bonds. The maximum absolute atomic E-state index is 13.4. The summed E-state index contributed by atoms with van der Waals surface area (Å²) >= 11 is 0. The van der Waals surface area contributed by atoms with E-state index >= 15 is 0 Å². The van der Waals surface area contributed by atoms with Gasteiger partial charge in [-0.1, -0.05) is 13.8 Å². The van der Waals surface area contributed by atoms with Crippen molar-refractivity contribution in [3.05, 3.63) is 0 Å². The van der Waals surface area contributed by atoms with E-state index < -0.39 is 29.8 Å². The predicted molar refractivity (Wildman–Crippen MR) is 127 cm³/mol. The molecule has 0 aromatic carbocycles. The summed E-state index contributed by atoms with van der Waals surface area (Å²) in [6.45, 7) is 16.0. The van der Waals surface area contributed by atoms with Gasteiger partial charge >= 0.3 is 0 Å². The molecule has 0 radical (unpaired) electrons. The molecule has 0 aromatic rings. The molecular weight excluding hydrogens is 434 g/mol. The smallest absolute Gasteiger partial charge is 0.244 e. The number of hydrogen-bond acceptors (Lipinski definition) is 6. The zero-order valence-electron chi connectivity index (χ0n) is 21.8. The summed E-state index contributed by atoms with van der Waals surface area (Å²) in [5.41, 5.74) is 5.43. The highest BCUT2D eigenvalue weighted by molar-refractivity contribution is 5.92. The van der Waals surface area contributed by atoms with Crippen molar-refractivity contribution in [2.24, 2.45) is 28.9 Å². The standard InChI is InChI=1S/C25H41N5O4/c1-13(34-23(2,3)4)18(27)22(33)30-12-16-17(25(16,7)8)19(30)21(32)28-15(11-26)9-14-10-24(5,6)29-20(14)31/h13-19H,9-10,12,27H2,1-8H3,(H,28,32)(H,29,31)/t13-,14-,15+,16+,17+,18+,19+/m1/s1. The molecule has 0 spiro atoms. The minimum Gasteiger partial charge on any atom is -0.371 e. The number of fused-ring (bicyclic) bond motifs is 1. The lowest BCUT2D eigenvalue weighted by molar-refractivity contribution is -0.146. The largest absolute Gasteiger partial charge is 0.371 e. The molecule has 4 N–H and O–H groups in total. The zero-order chi connectivity index (χ0) is 25.8. The van der Waals surface area contributed by atoms with E-state index in [4.69, 9.17) is 10.5 Å². The number of nitriles is 1. The molecule has 190 valence electrons. The molecule has 7 atom stereocenters. The minimum absolute atomic E-state index is 0.00976. The Kier molecular flexibility index (Phi) is 6.84. The van der Waals surface area contributed by atoms with Crippen molar-refractivity contribution in [2.75, 3.05) is 6.54 Å². The highest BCUT2D eigenvalue weighted by Crippen LogP contribution is 2.64. The number of piperidine rings is 1. The quantitative estimate of drug-likeness (QED) is 0.508. The molecule has 34 heavy (non-hydrogen) atoms. The van der Waals surface area contributed by atoms with Crippen LogP contribution in [0, 0.1) is 34.5 Å². The van der Waals surface area contributed by atoms with Gasteiger partial charge < -0.3 is 26.0 Å². The Bertz CT molecular complexity index is 887. The number of likely N-dealkylation sites (tertiary alicyclic amines) is 1. The predicted octanol–water partition coefficient (Wildman–Crippen LogP) is 1.31. The summed E-state index contributed by atoms with van der Waals surface area (Å²) in [4.78, 5) is 40.6. The van der Waals surface area contributed by atoms with Crippen molar-refractivity contribution in [1.29, 1.82) is 5.26 Å². The first-order valence-electron chi connectivity index (χ1n) is 12.2. The summed E-state index contributed by atoms with van der Waals surface area (Å²) < 4.78 is 5.88. The summed E-state index contributed by atoms with van der Waals surface area (Å²) in [5, 5.41) is 15.5. The number of nitrogens with zero attached hydrogens (tertiary/aromatic N) is 2. The summed E-state index contributed by atoms with van der Waals surface area (Å²) in [6.07, 6.45) is 0.329. The van der Waals surface area contributed by atoms with Crippen LogP contribution in [0.2, 0.25) is 0 Å². The molecule has 1 saturated carbocycles. The van der Waals surface area contributed by atoms with Gasteiger partial charge in [0.2, 0.25) is 17.7 Å². The number of nitrogens with one attached hydrogen (secondary N) is 2. The van der Waals surface area contributed by atoms with Gasteiger partial charge in [0, 0.05) is 18.0 Å². The molecule has 2 aliphatic heterocycles. The van der Waals surface area contributed by atoms with Crippen LogP contribution >= 0.6 is 0 Å². The van der Waals surface area contributed by atoms with Gasteiger partial charge in [-0.25, -0.2) is 0 Å². The third-order valence-electron chi connectivity index (χ3n) is 7.67. The maximum Gasteiger partial charge on any atom is 0.244 e. The lowest BCUT2D eigenvalue weighted by Crippen LogP contribution is -2.58. The first kappa shape index (κ1) is 26.4. The monoisotopic (exact) mass is 475 g/mol. The number of carbonyl (C=O) groups is 3. The summed E-state index contributed by atoms with van der Waals surface area (Å²) in [6, 6.07) is -0.269. The van der Waals surface area contributed by atoms with Crippen LogP contribution < -0.4 is 16.4 Å². The normalized spacial score (nSPS) is 31.6. The van der Waals surface area contributed by atoms with Crippen LogP contribution in [0.3, 0.4) is 0 Å². The molecule has 9 nitrogen and oxygen atoms in total. The van der Waals surface area contributed by atoms with Crippen LogP contribution in [0.1, 0.15) is 68.2 Å². The molecule has 3 aliphatic rings. The molecule has 0 unspecified atom stereocenters. The van der Waals surface area contributed by atoms with E-state index in [1.807, 2.05) is 34.6 Å². The molecule has 2 heterocycles. The molecule has 2 saturated heterocycles. The van der Waals surface area contributed by atoms with Crippen LogP contribution in [0.4, 0.5) is 0 Å². The second-order valence-corrected chi connectivity index (χ2v) is 12.6.